The first-order chi connectivity index (χ1) is 7.70. The minimum Gasteiger partial charge on any atom is -0.309 e. The summed E-state index contributed by atoms with van der Waals surface area (Å²) in [5.74, 6) is 0. The largest absolute Gasteiger partial charge is 0.309 e. The van der Waals surface area contributed by atoms with Crippen LogP contribution in [0.25, 0.3) is 0 Å². The number of aryl methyl sites for hydroxylation is 2. The van der Waals surface area contributed by atoms with Crippen LogP contribution in [0.3, 0.4) is 0 Å². The second-order valence-electron chi connectivity index (χ2n) is 3.90. The molecule has 1 unspecified atom stereocenters. The van der Waals surface area contributed by atoms with Crippen LogP contribution in [-0.4, -0.2) is 21.8 Å². The van der Waals surface area contributed by atoms with E-state index in [4.69, 9.17) is 0 Å². The molecule has 0 saturated heterocycles. The van der Waals surface area contributed by atoms with Gasteiger partial charge in [-0.2, -0.15) is 5.10 Å². The predicted octanol–water partition coefficient (Wildman–Crippen LogP) is 1.43. The highest BCUT2D eigenvalue weighted by Crippen LogP contribution is 2.20. The number of nitrogens with zero attached hydrogens (tertiary/aromatic N) is 3. The fourth-order valence-electron chi connectivity index (χ4n) is 1.86. The second-order valence-corrected chi connectivity index (χ2v) is 3.90. The molecule has 1 N–H and O–H groups in total. The van der Waals surface area contributed by atoms with E-state index in [-0.39, 0.29) is 6.04 Å². The predicted molar refractivity (Wildman–Crippen MR) is 63.1 cm³/mol. The van der Waals surface area contributed by atoms with E-state index in [1.807, 2.05) is 50.4 Å². The van der Waals surface area contributed by atoms with Crippen LogP contribution in [0.15, 0.2) is 30.7 Å². The molecule has 0 amide bonds. The summed E-state index contributed by atoms with van der Waals surface area (Å²) < 4.78 is 1.81. The van der Waals surface area contributed by atoms with Gasteiger partial charge >= 0.3 is 0 Å². The van der Waals surface area contributed by atoms with E-state index in [0.29, 0.717) is 0 Å². The van der Waals surface area contributed by atoms with E-state index in [9.17, 15) is 0 Å². The lowest BCUT2D eigenvalue weighted by Crippen LogP contribution is -2.17. The van der Waals surface area contributed by atoms with Gasteiger partial charge in [0.2, 0.25) is 0 Å². The summed E-state index contributed by atoms with van der Waals surface area (Å²) in [5, 5.41) is 7.49. The highest BCUT2D eigenvalue weighted by molar-refractivity contribution is 5.29. The van der Waals surface area contributed by atoms with Crippen molar-refractivity contribution in [1.82, 2.24) is 20.1 Å². The van der Waals surface area contributed by atoms with Crippen molar-refractivity contribution in [3.63, 3.8) is 0 Å². The van der Waals surface area contributed by atoms with E-state index in [1.54, 1.807) is 0 Å². The average molecular weight is 216 g/mol. The van der Waals surface area contributed by atoms with Gasteiger partial charge in [-0.05, 0) is 31.7 Å². The fraction of sp³-hybridized carbons (Fsp3) is 0.333. The van der Waals surface area contributed by atoms with Gasteiger partial charge in [0, 0.05) is 30.7 Å². The SMILES string of the molecule is CNC(c1ccnc(C)c1)c1cnn(C)c1. The molecule has 1 atom stereocenters. The Morgan fingerprint density at radius 3 is 2.75 bits per heavy atom. The van der Waals surface area contributed by atoms with Gasteiger partial charge in [-0.15, -0.1) is 0 Å². The lowest BCUT2D eigenvalue weighted by molar-refractivity contribution is 0.687. The topological polar surface area (TPSA) is 42.7 Å². The van der Waals surface area contributed by atoms with Crippen molar-refractivity contribution < 1.29 is 0 Å². The molecule has 2 rings (SSSR count). The summed E-state index contributed by atoms with van der Waals surface area (Å²) in [6, 6.07) is 4.30. The Morgan fingerprint density at radius 1 is 1.38 bits per heavy atom. The molecule has 0 saturated carbocycles. The van der Waals surface area contributed by atoms with Crippen molar-refractivity contribution >= 4 is 0 Å². The molecule has 0 aliphatic carbocycles. The Bertz CT molecular complexity index is 475. The molecule has 0 aliphatic heterocycles. The Hall–Kier alpha value is -1.68. The summed E-state index contributed by atoms with van der Waals surface area (Å²) in [4.78, 5) is 4.21. The van der Waals surface area contributed by atoms with E-state index >= 15 is 0 Å². The van der Waals surface area contributed by atoms with Crippen molar-refractivity contribution in [2.24, 2.45) is 7.05 Å². The van der Waals surface area contributed by atoms with Crippen LogP contribution >= 0.6 is 0 Å². The molecule has 4 nitrogen and oxygen atoms in total. The third-order valence-corrected chi connectivity index (χ3v) is 2.60. The molecule has 0 spiro atoms. The standard InChI is InChI=1S/C12H16N4/c1-9-6-10(4-5-14-9)12(13-2)11-7-15-16(3)8-11/h4-8,12-13H,1-3H3. The maximum atomic E-state index is 4.21. The van der Waals surface area contributed by atoms with Crippen LogP contribution in [0.1, 0.15) is 22.9 Å². The lowest BCUT2D eigenvalue weighted by atomic mass is 10.0. The fourth-order valence-corrected chi connectivity index (χ4v) is 1.86. The van der Waals surface area contributed by atoms with Crippen LogP contribution < -0.4 is 5.32 Å². The third-order valence-electron chi connectivity index (χ3n) is 2.60. The number of hydrogen-bond acceptors (Lipinski definition) is 3. The zero-order chi connectivity index (χ0) is 11.5. The normalized spacial score (nSPS) is 12.7. The Morgan fingerprint density at radius 2 is 2.19 bits per heavy atom. The second kappa shape index (κ2) is 4.45. The summed E-state index contributed by atoms with van der Waals surface area (Å²) >= 11 is 0. The molecule has 2 heterocycles. The van der Waals surface area contributed by atoms with Crippen molar-refractivity contribution in [3.8, 4) is 0 Å². The number of pyridine rings is 1. The summed E-state index contributed by atoms with van der Waals surface area (Å²) in [7, 11) is 3.88. The maximum Gasteiger partial charge on any atom is 0.0606 e. The van der Waals surface area contributed by atoms with Crippen LogP contribution in [0.2, 0.25) is 0 Å². The molecular weight excluding hydrogens is 200 g/mol. The summed E-state index contributed by atoms with van der Waals surface area (Å²) in [6.07, 6.45) is 5.75. The number of aromatic nitrogens is 3. The van der Waals surface area contributed by atoms with Crippen molar-refractivity contribution in [3.05, 3.63) is 47.5 Å². The van der Waals surface area contributed by atoms with Crippen LogP contribution in [0.5, 0.6) is 0 Å². The molecule has 0 radical (unpaired) electrons. The first kappa shape index (κ1) is 10.8. The molecule has 2 aromatic heterocycles. The van der Waals surface area contributed by atoms with Gasteiger partial charge in [0.15, 0.2) is 0 Å². The van der Waals surface area contributed by atoms with Crippen molar-refractivity contribution in [2.75, 3.05) is 7.05 Å². The smallest absolute Gasteiger partial charge is 0.0606 e. The molecule has 2 aromatic rings. The molecule has 0 aromatic carbocycles. The van der Waals surface area contributed by atoms with Gasteiger partial charge in [-0.3, -0.25) is 9.67 Å². The van der Waals surface area contributed by atoms with Crippen LogP contribution in [0.4, 0.5) is 0 Å². The molecule has 0 aliphatic rings. The number of hydrogen-bond donors (Lipinski definition) is 1. The third kappa shape index (κ3) is 2.12. The summed E-state index contributed by atoms with van der Waals surface area (Å²) in [6.45, 7) is 2.00. The van der Waals surface area contributed by atoms with E-state index in [2.05, 4.69) is 21.5 Å². The highest BCUT2D eigenvalue weighted by Gasteiger charge is 2.13. The lowest BCUT2D eigenvalue weighted by Gasteiger charge is -2.15. The Labute approximate surface area is 95.3 Å². The average Bonchev–Trinajstić information content (AvgIpc) is 2.66. The molecular formula is C12H16N4. The maximum absolute atomic E-state index is 4.21. The molecule has 4 heteroatoms. The zero-order valence-corrected chi connectivity index (χ0v) is 9.81. The van der Waals surface area contributed by atoms with E-state index < -0.39 is 0 Å². The minimum atomic E-state index is 0.176. The highest BCUT2D eigenvalue weighted by atomic mass is 15.2. The number of rotatable bonds is 3. The molecule has 0 bridgehead atoms. The number of nitrogens with one attached hydrogen (secondary N) is 1. The van der Waals surface area contributed by atoms with E-state index in [0.717, 1.165) is 11.3 Å². The van der Waals surface area contributed by atoms with Gasteiger partial charge < -0.3 is 5.32 Å². The van der Waals surface area contributed by atoms with Crippen LogP contribution in [-0.2, 0) is 7.05 Å². The van der Waals surface area contributed by atoms with Gasteiger partial charge in [-0.25, -0.2) is 0 Å². The first-order valence-electron chi connectivity index (χ1n) is 5.29. The van der Waals surface area contributed by atoms with Crippen LogP contribution in [0, 0.1) is 6.92 Å². The van der Waals surface area contributed by atoms with Crippen molar-refractivity contribution in [2.45, 2.75) is 13.0 Å². The Balaban J connectivity index is 2.36. The molecule has 16 heavy (non-hydrogen) atoms. The minimum absolute atomic E-state index is 0.176. The van der Waals surface area contributed by atoms with E-state index in [1.165, 1.54) is 5.56 Å². The quantitative estimate of drug-likeness (QED) is 0.844. The van der Waals surface area contributed by atoms with Gasteiger partial charge in [0.25, 0.3) is 0 Å². The Kier molecular flexibility index (Phi) is 3.01. The molecule has 84 valence electrons. The monoisotopic (exact) mass is 216 g/mol. The summed E-state index contributed by atoms with van der Waals surface area (Å²) in [5.41, 5.74) is 3.40. The first-order valence-corrected chi connectivity index (χ1v) is 5.29. The molecule has 0 fully saturated rings. The van der Waals surface area contributed by atoms with Gasteiger partial charge in [-0.1, -0.05) is 0 Å². The van der Waals surface area contributed by atoms with Gasteiger partial charge in [0.1, 0.15) is 0 Å². The zero-order valence-electron chi connectivity index (χ0n) is 9.81. The van der Waals surface area contributed by atoms with Gasteiger partial charge in [0.05, 0.1) is 12.2 Å². The van der Waals surface area contributed by atoms with Crippen molar-refractivity contribution in [1.29, 1.82) is 0 Å².